The topological polar surface area (TPSA) is 90.3 Å². The number of rotatable bonds is 4. The van der Waals surface area contributed by atoms with E-state index in [0.29, 0.717) is 23.9 Å². The van der Waals surface area contributed by atoms with Crippen LogP contribution in [-0.4, -0.2) is 27.5 Å². The summed E-state index contributed by atoms with van der Waals surface area (Å²) >= 11 is 5.92. The Hall–Kier alpha value is -3.26. The van der Waals surface area contributed by atoms with Gasteiger partial charge in [-0.05, 0) is 56.2 Å². The average molecular weight is 472 g/mol. The summed E-state index contributed by atoms with van der Waals surface area (Å²) in [5.41, 5.74) is 0.708. The van der Waals surface area contributed by atoms with Gasteiger partial charge in [0.1, 0.15) is 11.6 Å². The number of carbonyl (C=O) groups is 2. The number of amides is 1. The van der Waals surface area contributed by atoms with Crippen LogP contribution in [0.2, 0.25) is 5.02 Å². The Bertz CT molecular complexity index is 1290. The third-order valence-electron chi connectivity index (χ3n) is 5.64. The first-order valence-corrected chi connectivity index (χ1v) is 11.2. The Morgan fingerprint density at radius 2 is 1.94 bits per heavy atom. The summed E-state index contributed by atoms with van der Waals surface area (Å²) in [4.78, 5) is 42.6. The van der Waals surface area contributed by atoms with E-state index in [1.165, 1.54) is 25.1 Å². The first kappa shape index (κ1) is 22.9. The third-order valence-corrected chi connectivity index (χ3v) is 5.96. The van der Waals surface area contributed by atoms with Crippen molar-refractivity contribution in [3.8, 4) is 0 Å². The van der Waals surface area contributed by atoms with Crippen molar-refractivity contribution in [1.29, 1.82) is 0 Å². The molecule has 1 atom stereocenters. The van der Waals surface area contributed by atoms with Gasteiger partial charge in [-0.3, -0.25) is 14.2 Å². The fraction of sp³-hybridized carbons (Fsp3) is 0.333. The van der Waals surface area contributed by atoms with Crippen molar-refractivity contribution >= 4 is 40.1 Å². The number of nitrogens with zero attached hydrogens (tertiary/aromatic N) is 2. The van der Waals surface area contributed by atoms with Crippen molar-refractivity contribution in [1.82, 2.24) is 9.55 Å². The normalized spacial score (nSPS) is 14.6. The quantitative estimate of drug-likeness (QED) is 0.566. The van der Waals surface area contributed by atoms with Gasteiger partial charge in [0.25, 0.3) is 11.5 Å². The number of fused-ring (bicyclic) bond motifs is 2. The zero-order valence-electron chi connectivity index (χ0n) is 18.1. The van der Waals surface area contributed by atoms with Gasteiger partial charge in [-0.15, -0.1) is 0 Å². The molecule has 33 heavy (non-hydrogen) atoms. The van der Waals surface area contributed by atoms with Gasteiger partial charge in [-0.25, -0.2) is 14.2 Å². The molecule has 7 nitrogen and oxygen atoms in total. The van der Waals surface area contributed by atoms with E-state index in [2.05, 4.69) is 10.3 Å². The number of carbonyl (C=O) groups excluding carboxylic acids is 2. The highest BCUT2D eigenvalue weighted by atomic mass is 35.5. The molecule has 2 aromatic carbocycles. The summed E-state index contributed by atoms with van der Waals surface area (Å²) < 4.78 is 20.2. The van der Waals surface area contributed by atoms with E-state index < -0.39 is 23.8 Å². The number of nitrogens with one attached hydrogen (secondary N) is 1. The maximum atomic E-state index is 13.2. The van der Waals surface area contributed by atoms with Crippen molar-refractivity contribution in [2.24, 2.45) is 0 Å². The number of benzene rings is 2. The molecule has 2 heterocycles. The Kier molecular flexibility index (Phi) is 6.74. The molecule has 0 radical (unpaired) electrons. The predicted octanol–water partition coefficient (Wildman–Crippen LogP) is 4.49. The summed E-state index contributed by atoms with van der Waals surface area (Å²) in [7, 11) is 0. The van der Waals surface area contributed by atoms with E-state index in [4.69, 9.17) is 16.3 Å². The first-order valence-electron chi connectivity index (χ1n) is 10.8. The van der Waals surface area contributed by atoms with Crippen molar-refractivity contribution in [2.75, 3.05) is 5.32 Å². The van der Waals surface area contributed by atoms with Gasteiger partial charge >= 0.3 is 5.97 Å². The maximum absolute atomic E-state index is 13.2. The molecule has 1 unspecified atom stereocenters. The molecule has 1 amide bonds. The van der Waals surface area contributed by atoms with Crippen molar-refractivity contribution in [3.05, 3.63) is 69.0 Å². The first-order chi connectivity index (χ1) is 15.8. The molecule has 3 aromatic rings. The average Bonchev–Trinajstić information content (AvgIpc) is 2.76. The van der Waals surface area contributed by atoms with Crippen molar-refractivity contribution < 1.29 is 18.7 Å². The van der Waals surface area contributed by atoms with Crippen LogP contribution < -0.4 is 10.9 Å². The van der Waals surface area contributed by atoms with E-state index in [0.717, 1.165) is 43.6 Å². The number of halogens is 2. The fourth-order valence-electron chi connectivity index (χ4n) is 3.83. The molecule has 0 fully saturated rings. The Morgan fingerprint density at radius 3 is 2.73 bits per heavy atom. The lowest BCUT2D eigenvalue weighted by atomic mass is 10.1. The zero-order valence-corrected chi connectivity index (χ0v) is 18.8. The van der Waals surface area contributed by atoms with Crippen LogP contribution in [0.1, 0.15) is 48.8 Å². The van der Waals surface area contributed by atoms with Gasteiger partial charge in [-0.1, -0.05) is 24.4 Å². The zero-order chi connectivity index (χ0) is 23.5. The number of aryl methyl sites for hydroxylation is 1. The molecule has 9 heteroatoms. The van der Waals surface area contributed by atoms with Gasteiger partial charge < -0.3 is 10.1 Å². The molecule has 0 saturated carbocycles. The second-order valence-electron chi connectivity index (χ2n) is 8.04. The minimum absolute atomic E-state index is 0.0311. The van der Waals surface area contributed by atoms with Crippen LogP contribution in [0, 0.1) is 5.82 Å². The number of esters is 1. The van der Waals surface area contributed by atoms with Crippen molar-refractivity contribution in [3.63, 3.8) is 0 Å². The van der Waals surface area contributed by atoms with Crippen LogP contribution in [0.25, 0.3) is 10.9 Å². The number of anilines is 1. The van der Waals surface area contributed by atoms with Gasteiger partial charge in [0.05, 0.1) is 27.2 Å². The maximum Gasteiger partial charge on any atom is 0.338 e. The van der Waals surface area contributed by atoms with Crippen LogP contribution in [0.5, 0.6) is 0 Å². The highest BCUT2D eigenvalue weighted by Gasteiger charge is 2.21. The van der Waals surface area contributed by atoms with Crippen LogP contribution >= 0.6 is 11.6 Å². The van der Waals surface area contributed by atoms with E-state index in [9.17, 15) is 18.8 Å². The van der Waals surface area contributed by atoms with Gasteiger partial charge in [0, 0.05) is 13.0 Å². The molecule has 4 rings (SSSR count). The highest BCUT2D eigenvalue weighted by molar-refractivity contribution is 6.33. The lowest BCUT2D eigenvalue weighted by Gasteiger charge is -2.17. The molecular formula is C24H23ClFN3O4. The minimum atomic E-state index is -1.14. The van der Waals surface area contributed by atoms with E-state index in [-0.39, 0.29) is 21.8 Å². The molecule has 0 aliphatic carbocycles. The molecular weight excluding hydrogens is 449 g/mol. The summed E-state index contributed by atoms with van der Waals surface area (Å²) in [5.74, 6) is -1.15. The van der Waals surface area contributed by atoms with Crippen LogP contribution in [0.3, 0.4) is 0 Å². The van der Waals surface area contributed by atoms with Gasteiger partial charge in [0.2, 0.25) is 0 Å². The summed E-state index contributed by atoms with van der Waals surface area (Å²) in [6, 6.07) is 8.12. The molecule has 1 aliphatic heterocycles. The van der Waals surface area contributed by atoms with Crippen molar-refractivity contribution in [2.45, 2.75) is 51.7 Å². The molecule has 1 N–H and O–H groups in total. The summed E-state index contributed by atoms with van der Waals surface area (Å²) in [5, 5.41) is 2.97. The SMILES string of the molecule is CC(OC(=O)c1ccc2c(=O)n3c(nc2c1)CCCCCC3)C(=O)Nc1ccc(F)cc1Cl. The summed E-state index contributed by atoms with van der Waals surface area (Å²) in [6.45, 7) is 2.06. The molecule has 1 aliphatic rings. The Morgan fingerprint density at radius 1 is 1.15 bits per heavy atom. The second kappa shape index (κ2) is 9.70. The third kappa shape index (κ3) is 5.06. The highest BCUT2D eigenvalue weighted by Crippen LogP contribution is 2.23. The lowest BCUT2D eigenvalue weighted by Crippen LogP contribution is -2.30. The largest absolute Gasteiger partial charge is 0.449 e. The molecule has 0 bridgehead atoms. The van der Waals surface area contributed by atoms with E-state index in [1.807, 2.05) is 0 Å². The molecule has 0 saturated heterocycles. The Balaban J connectivity index is 1.52. The standard InChI is InChI=1S/C24H23ClFN3O4/c1-14(22(30)28-19-10-8-16(26)13-18(19)25)33-24(32)15-7-9-17-20(12-15)27-21-6-4-2-3-5-11-29(21)23(17)31/h7-10,12-14H,2-6,11H2,1H3,(H,28,30). The van der Waals surface area contributed by atoms with Gasteiger partial charge in [0.15, 0.2) is 6.10 Å². The van der Waals surface area contributed by atoms with Crippen LogP contribution in [-0.2, 0) is 22.5 Å². The van der Waals surface area contributed by atoms with E-state index >= 15 is 0 Å². The fourth-order valence-corrected chi connectivity index (χ4v) is 4.04. The number of hydrogen-bond acceptors (Lipinski definition) is 5. The smallest absolute Gasteiger partial charge is 0.338 e. The van der Waals surface area contributed by atoms with Crippen LogP contribution in [0.4, 0.5) is 10.1 Å². The van der Waals surface area contributed by atoms with E-state index in [1.54, 1.807) is 10.6 Å². The molecule has 172 valence electrons. The number of aromatic nitrogens is 2. The van der Waals surface area contributed by atoms with Crippen LogP contribution in [0.15, 0.2) is 41.2 Å². The number of hydrogen-bond donors (Lipinski definition) is 1. The Labute approximate surface area is 194 Å². The second-order valence-corrected chi connectivity index (χ2v) is 8.45. The monoisotopic (exact) mass is 471 g/mol. The summed E-state index contributed by atoms with van der Waals surface area (Å²) in [6.07, 6.45) is 3.67. The number of ether oxygens (including phenoxy) is 1. The molecule has 1 aromatic heterocycles. The molecule has 0 spiro atoms. The minimum Gasteiger partial charge on any atom is -0.449 e. The van der Waals surface area contributed by atoms with Gasteiger partial charge in [-0.2, -0.15) is 0 Å². The lowest BCUT2D eigenvalue weighted by molar-refractivity contribution is -0.123. The predicted molar refractivity (Wildman–Crippen MR) is 123 cm³/mol.